The number of likely N-dealkylation sites (tertiary alicyclic amines) is 1. The van der Waals surface area contributed by atoms with Gasteiger partial charge in [-0.15, -0.1) is 0 Å². The third-order valence-corrected chi connectivity index (χ3v) is 3.94. The summed E-state index contributed by atoms with van der Waals surface area (Å²) in [6.45, 7) is 13.6. The summed E-state index contributed by atoms with van der Waals surface area (Å²) in [6.07, 6.45) is 4.24. The monoisotopic (exact) mass is 226 g/mol. The Morgan fingerprint density at radius 1 is 1.31 bits per heavy atom. The van der Waals surface area contributed by atoms with E-state index in [1.807, 2.05) is 0 Å². The van der Waals surface area contributed by atoms with Crippen LogP contribution in [-0.2, 0) is 0 Å². The second-order valence-electron chi connectivity index (χ2n) is 6.31. The number of rotatable bonds is 3. The van der Waals surface area contributed by atoms with Crippen LogP contribution in [0.15, 0.2) is 0 Å². The van der Waals surface area contributed by atoms with Crippen molar-refractivity contribution in [2.24, 2.45) is 23.0 Å². The molecule has 1 spiro atoms. The Kier molecular flexibility index (Phi) is 5.26. The maximum absolute atomic E-state index is 5.47. The molecule has 1 heterocycles. The molecule has 96 valence electrons. The Balaban J connectivity index is 0.000000221. The lowest BCUT2D eigenvalue weighted by Crippen LogP contribution is -2.62. The second-order valence-corrected chi connectivity index (χ2v) is 6.31. The lowest BCUT2D eigenvalue weighted by atomic mass is 9.58. The smallest absolute Gasteiger partial charge is 0.0105 e. The molecular weight excluding hydrogens is 196 g/mol. The molecule has 0 aromatic heterocycles. The first kappa shape index (κ1) is 14.0. The van der Waals surface area contributed by atoms with Gasteiger partial charge in [0.15, 0.2) is 0 Å². The number of nitrogens with zero attached hydrogens (tertiary/aromatic N) is 1. The molecule has 2 nitrogen and oxygen atoms in total. The van der Waals surface area contributed by atoms with Crippen LogP contribution in [0.2, 0.25) is 0 Å². The highest BCUT2D eigenvalue weighted by Crippen LogP contribution is 2.51. The molecule has 1 saturated carbocycles. The number of nitrogens with two attached hydrogens (primary N) is 1. The lowest BCUT2D eigenvalue weighted by molar-refractivity contribution is -0.0872. The minimum absolute atomic E-state index is 0.759. The van der Waals surface area contributed by atoms with Crippen LogP contribution in [0.1, 0.15) is 47.0 Å². The zero-order valence-corrected chi connectivity index (χ0v) is 11.6. The minimum Gasteiger partial charge on any atom is -0.329 e. The van der Waals surface area contributed by atoms with E-state index >= 15 is 0 Å². The van der Waals surface area contributed by atoms with E-state index in [0.717, 1.165) is 30.3 Å². The summed E-state index contributed by atoms with van der Waals surface area (Å²) in [5, 5.41) is 0. The summed E-state index contributed by atoms with van der Waals surface area (Å²) in [5.74, 6) is 1.88. The van der Waals surface area contributed by atoms with Crippen molar-refractivity contribution in [3.8, 4) is 0 Å². The maximum atomic E-state index is 5.47. The molecule has 1 saturated heterocycles. The molecule has 0 amide bonds. The standard InChI is InChI=1S/C9H18N2.C5H12/c1-8-4-9(5-8)6-11(7-9)3-2-10;1-4-5(2)3/h8H,2-7,10H2,1H3;5H,4H2,1-3H3. The molecule has 1 aliphatic heterocycles. The van der Waals surface area contributed by atoms with E-state index in [1.54, 1.807) is 0 Å². The van der Waals surface area contributed by atoms with Gasteiger partial charge in [0.25, 0.3) is 0 Å². The summed E-state index contributed by atoms with van der Waals surface area (Å²) in [5.41, 5.74) is 6.23. The molecule has 2 fully saturated rings. The third kappa shape index (κ3) is 3.74. The lowest BCUT2D eigenvalue weighted by Gasteiger charge is -2.58. The molecule has 2 heteroatoms. The Bertz CT molecular complexity index is 187. The van der Waals surface area contributed by atoms with Crippen molar-refractivity contribution >= 4 is 0 Å². The fourth-order valence-corrected chi connectivity index (χ4v) is 2.92. The molecule has 0 aromatic rings. The predicted molar refractivity (Wildman–Crippen MR) is 71.5 cm³/mol. The van der Waals surface area contributed by atoms with Crippen LogP contribution >= 0.6 is 0 Å². The van der Waals surface area contributed by atoms with E-state index in [4.69, 9.17) is 5.73 Å². The summed E-state index contributed by atoms with van der Waals surface area (Å²) >= 11 is 0. The van der Waals surface area contributed by atoms with Gasteiger partial charge >= 0.3 is 0 Å². The minimum atomic E-state index is 0.759. The predicted octanol–water partition coefficient (Wildman–Crippen LogP) is 2.73. The first-order valence-electron chi connectivity index (χ1n) is 6.94. The van der Waals surface area contributed by atoms with E-state index < -0.39 is 0 Å². The van der Waals surface area contributed by atoms with Gasteiger partial charge in [-0.1, -0.05) is 34.1 Å². The molecule has 0 aromatic carbocycles. The molecule has 0 unspecified atom stereocenters. The molecule has 0 bridgehead atoms. The fraction of sp³-hybridized carbons (Fsp3) is 1.00. The normalized spacial score (nSPS) is 23.6. The van der Waals surface area contributed by atoms with Crippen molar-refractivity contribution in [3.05, 3.63) is 0 Å². The van der Waals surface area contributed by atoms with Crippen molar-refractivity contribution in [1.82, 2.24) is 4.90 Å². The van der Waals surface area contributed by atoms with Crippen molar-refractivity contribution < 1.29 is 0 Å². The molecule has 0 radical (unpaired) electrons. The SMILES string of the molecule is CC1CC2(C1)CN(CCN)C2.CCC(C)C. The molecule has 2 rings (SSSR count). The van der Waals surface area contributed by atoms with Crippen LogP contribution < -0.4 is 5.73 Å². The first-order valence-corrected chi connectivity index (χ1v) is 6.94. The van der Waals surface area contributed by atoms with E-state index in [9.17, 15) is 0 Å². The van der Waals surface area contributed by atoms with Gasteiger partial charge < -0.3 is 10.6 Å². The Morgan fingerprint density at radius 2 is 1.81 bits per heavy atom. The average Bonchev–Trinajstić information content (AvgIpc) is 2.13. The molecule has 0 atom stereocenters. The molecule has 1 aliphatic carbocycles. The first-order chi connectivity index (χ1) is 7.51. The van der Waals surface area contributed by atoms with Gasteiger partial charge in [-0.2, -0.15) is 0 Å². The van der Waals surface area contributed by atoms with Crippen molar-refractivity contribution in [2.45, 2.75) is 47.0 Å². The highest BCUT2D eigenvalue weighted by molar-refractivity contribution is 5.02. The Labute approximate surface area is 102 Å². The summed E-state index contributed by atoms with van der Waals surface area (Å²) in [6, 6.07) is 0. The maximum Gasteiger partial charge on any atom is 0.0105 e. The third-order valence-electron chi connectivity index (χ3n) is 3.94. The Hall–Kier alpha value is -0.0800. The highest BCUT2D eigenvalue weighted by atomic mass is 15.2. The Morgan fingerprint density at radius 3 is 2.12 bits per heavy atom. The van der Waals surface area contributed by atoms with Gasteiger partial charge in [0.05, 0.1) is 0 Å². The van der Waals surface area contributed by atoms with Gasteiger partial charge in [-0.05, 0) is 30.1 Å². The largest absolute Gasteiger partial charge is 0.329 e. The van der Waals surface area contributed by atoms with Crippen LogP contribution in [0, 0.1) is 17.3 Å². The van der Waals surface area contributed by atoms with Crippen molar-refractivity contribution in [3.63, 3.8) is 0 Å². The number of hydrogen-bond donors (Lipinski definition) is 1. The van der Waals surface area contributed by atoms with Crippen LogP contribution in [0.4, 0.5) is 0 Å². The van der Waals surface area contributed by atoms with Gasteiger partial charge in [-0.3, -0.25) is 0 Å². The van der Waals surface area contributed by atoms with Gasteiger partial charge in [0, 0.05) is 26.2 Å². The molecular formula is C14H30N2. The molecule has 2 aliphatic rings. The molecule has 16 heavy (non-hydrogen) atoms. The van der Waals surface area contributed by atoms with Crippen LogP contribution in [-0.4, -0.2) is 31.1 Å². The van der Waals surface area contributed by atoms with Crippen molar-refractivity contribution in [1.29, 1.82) is 0 Å². The van der Waals surface area contributed by atoms with Crippen LogP contribution in [0.3, 0.4) is 0 Å². The van der Waals surface area contributed by atoms with Gasteiger partial charge in [-0.25, -0.2) is 0 Å². The summed E-state index contributed by atoms with van der Waals surface area (Å²) < 4.78 is 0. The quantitative estimate of drug-likeness (QED) is 0.802. The second kappa shape index (κ2) is 6.02. The van der Waals surface area contributed by atoms with E-state index in [2.05, 4.69) is 32.6 Å². The number of hydrogen-bond acceptors (Lipinski definition) is 2. The zero-order valence-electron chi connectivity index (χ0n) is 11.6. The topological polar surface area (TPSA) is 29.3 Å². The average molecular weight is 226 g/mol. The zero-order chi connectivity index (χ0) is 12.2. The van der Waals surface area contributed by atoms with Crippen LogP contribution in [0.25, 0.3) is 0 Å². The summed E-state index contributed by atoms with van der Waals surface area (Å²) in [4.78, 5) is 2.48. The van der Waals surface area contributed by atoms with Crippen molar-refractivity contribution in [2.75, 3.05) is 26.2 Å². The summed E-state index contributed by atoms with van der Waals surface area (Å²) in [7, 11) is 0. The fourth-order valence-electron chi connectivity index (χ4n) is 2.92. The van der Waals surface area contributed by atoms with Crippen LogP contribution in [0.5, 0.6) is 0 Å². The van der Waals surface area contributed by atoms with E-state index in [1.165, 1.54) is 32.4 Å². The molecule has 2 N–H and O–H groups in total. The van der Waals surface area contributed by atoms with Gasteiger partial charge in [0.1, 0.15) is 0 Å². The van der Waals surface area contributed by atoms with E-state index in [0.29, 0.717) is 0 Å². The highest BCUT2D eigenvalue weighted by Gasteiger charge is 2.49. The van der Waals surface area contributed by atoms with Gasteiger partial charge in [0.2, 0.25) is 0 Å². The van der Waals surface area contributed by atoms with E-state index in [-0.39, 0.29) is 0 Å².